The van der Waals surface area contributed by atoms with Crippen LogP contribution >= 0.6 is 24.8 Å². The largest absolute Gasteiger partial charge is 0.376 e. The summed E-state index contributed by atoms with van der Waals surface area (Å²) in [5.41, 5.74) is 6.58. The van der Waals surface area contributed by atoms with Gasteiger partial charge >= 0.3 is 0 Å². The lowest BCUT2D eigenvalue weighted by atomic mass is 10.2. The van der Waals surface area contributed by atoms with Crippen molar-refractivity contribution < 1.29 is 4.79 Å². The summed E-state index contributed by atoms with van der Waals surface area (Å²) in [7, 11) is 3.88. The van der Waals surface area contributed by atoms with Gasteiger partial charge in [0.15, 0.2) is 0 Å². The first-order valence-corrected chi connectivity index (χ1v) is 5.68. The van der Waals surface area contributed by atoms with Gasteiger partial charge in [-0.1, -0.05) is 0 Å². The Labute approximate surface area is 126 Å². The Morgan fingerprint density at radius 1 is 1.42 bits per heavy atom. The number of hydrogen-bond donors (Lipinski definition) is 2. The molecule has 3 N–H and O–H groups in total. The first-order chi connectivity index (χ1) is 7.99. The van der Waals surface area contributed by atoms with Gasteiger partial charge in [0.1, 0.15) is 5.82 Å². The Bertz CT molecular complexity index is 368. The Hall–Kier alpha value is -1.04. The molecule has 0 bridgehead atoms. The van der Waals surface area contributed by atoms with E-state index >= 15 is 0 Å². The van der Waals surface area contributed by atoms with Gasteiger partial charge in [0.05, 0.1) is 11.9 Å². The van der Waals surface area contributed by atoms with Crippen LogP contribution in [0, 0.1) is 0 Å². The second-order valence-electron chi connectivity index (χ2n) is 4.36. The molecule has 0 aliphatic rings. The fourth-order valence-electron chi connectivity index (χ4n) is 1.29. The van der Waals surface area contributed by atoms with Crippen LogP contribution in [-0.2, 0) is 4.79 Å². The SMILES string of the molecule is CC(N)CCC(=O)Nc1ccc(N(C)C)cn1.Cl.Cl. The number of nitrogens with zero attached hydrogens (tertiary/aromatic N) is 2. The first kappa shape index (κ1) is 20.3. The number of halogens is 2. The molecule has 0 aromatic carbocycles. The lowest BCUT2D eigenvalue weighted by Gasteiger charge is -2.12. The van der Waals surface area contributed by atoms with Crippen molar-refractivity contribution in [2.75, 3.05) is 24.3 Å². The number of carbonyl (C=O) groups is 1. The van der Waals surface area contributed by atoms with Gasteiger partial charge in [0.25, 0.3) is 0 Å². The topological polar surface area (TPSA) is 71.2 Å². The van der Waals surface area contributed by atoms with Gasteiger partial charge in [-0.25, -0.2) is 4.98 Å². The van der Waals surface area contributed by atoms with Crippen LogP contribution in [0.1, 0.15) is 19.8 Å². The molecule has 0 radical (unpaired) electrons. The molecule has 0 aliphatic carbocycles. The van der Waals surface area contributed by atoms with Gasteiger partial charge in [-0.3, -0.25) is 4.79 Å². The number of anilines is 2. The third-order valence-corrected chi connectivity index (χ3v) is 2.36. The fraction of sp³-hybridized carbons (Fsp3) is 0.500. The summed E-state index contributed by atoms with van der Waals surface area (Å²) in [6.07, 6.45) is 2.83. The van der Waals surface area contributed by atoms with Gasteiger partial charge < -0.3 is 16.0 Å². The molecule has 0 fully saturated rings. The summed E-state index contributed by atoms with van der Waals surface area (Å²) < 4.78 is 0. The van der Waals surface area contributed by atoms with Crippen molar-refractivity contribution >= 4 is 42.2 Å². The molecule has 0 saturated carbocycles. The number of nitrogens with one attached hydrogen (secondary N) is 1. The highest BCUT2D eigenvalue weighted by atomic mass is 35.5. The monoisotopic (exact) mass is 308 g/mol. The number of amides is 1. The summed E-state index contributed by atoms with van der Waals surface area (Å²) >= 11 is 0. The lowest BCUT2D eigenvalue weighted by molar-refractivity contribution is -0.116. The molecule has 1 rings (SSSR count). The zero-order valence-electron chi connectivity index (χ0n) is 11.4. The fourth-order valence-corrected chi connectivity index (χ4v) is 1.29. The molecule has 1 heterocycles. The van der Waals surface area contributed by atoms with E-state index in [0.717, 1.165) is 5.69 Å². The van der Waals surface area contributed by atoms with Gasteiger partial charge in [0, 0.05) is 26.6 Å². The minimum absolute atomic E-state index is 0. The highest BCUT2D eigenvalue weighted by Crippen LogP contribution is 2.12. The number of hydrogen-bond acceptors (Lipinski definition) is 4. The summed E-state index contributed by atoms with van der Waals surface area (Å²) in [5.74, 6) is 0.526. The summed E-state index contributed by atoms with van der Waals surface area (Å²) in [6.45, 7) is 1.89. The molecule has 7 heteroatoms. The number of rotatable bonds is 5. The van der Waals surface area contributed by atoms with Crippen LogP contribution in [0.4, 0.5) is 11.5 Å². The Balaban J connectivity index is 0. The van der Waals surface area contributed by atoms with Gasteiger partial charge in [-0.2, -0.15) is 0 Å². The van der Waals surface area contributed by atoms with E-state index in [0.29, 0.717) is 18.7 Å². The maximum Gasteiger partial charge on any atom is 0.225 e. The molecule has 1 amide bonds. The van der Waals surface area contributed by atoms with E-state index in [1.165, 1.54) is 0 Å². The van der Waals surface area contributed by atoms with E-state index in [9.17, 15) is 4.79 Å². The number of pyridine rings is 1. The predicted octanol–water partition coefficient (Wildman–Crippen LogP) is 2.06. The molecule has 0 saturated heterocycles. The normalized spacial score (nSPS) is 10.7. The molecule has 19 heavy (non-hydrogen) atoms. The van der Waals surface area contributed by atoms with Gasteiger partial charge in [-0.05, 0) is 25.5 Å². The summed E-state index contributed by atoms with van der Waals surface area (Å²) in [6, 6.07) is 3.75. The van der Waals surface area contributed by atoms with Crippen molar-refractivity contribution in [2.24, 2.45) is 5.73 Å². The zero-order valence-corrected chi connectivity index (χ0v) is 13.1. The summed E-state index contributed by atoms with van der Waals surface area (Å²) in [4.78, 5) is 17.6. The van der Waals surface area contributed by atoms with Crippen LogP contribution in [0.2, 0.25) is 0 Å². The minimum Gasteiger partial charge on any atom is -0.376 e. The minimum atomic E-state index is -0.0487. The second-order valence-corrected chi connectivity index (χ2v) is 4.36. The molecule has 0 spiro atoms. The molecule has 5 nitrogen and oxygen atoms in total. The number of carbonyl (C=O) groups excluding carboxylic acids is 1. The predicted molar refractivity (Wildman–Crippen MR) is 84.6 cm³/mol. The summed E-state index contributed by atoms with van der Waals surface area (Å²) in [5, 5.41) is 2.74. The average Bonchev–Trinajstić information content (AvgIpc) is 2.27. The molecule has 110 valence electrons. The highest BCUT2D eigenvalue weighted by Gasteiger charge is 2.05. The smallest absolute Gasteiger partial charge is 0.225 e. The van der Waals surface area contributed by atoms with Crippen LogP contribution in [0.3, 0.4) is 0 Å². The molecular formula is C12H22Cl2N4O. The van der Waals surface area contributed by atoms with Crippen LogP contribution in [-0.4, -0.2) is 31.0 Å². The van der Waals surface area contributed by atoms with Gasteiger partial charge in [-0.15, -0.1) is 24.8 Å². The van der Waals surface area contributed by atoms with Crippen molar-refractivity contribution in [1.82, 2.24) is 4.98 Å². The molecule has 1 unspecified atom stereocenters. The Morgan fingerprint density at radius 2 is 2.05 bits per heavy atom. The van der Waals surface area contributed by atoms with E-state index in [1.54, 1.807) is 12.3 Å². The molecule has 0 aliphatic heterocycles. The maximum absolute atomic E-state index is 11.5. The Kier molecular flexibility index (Phi) is 10.5. The first-order valence-electron chi connectivity index (χ1n) is 5.68. The van der Waals surface area contributed by atoms with Crippen molar-refractivity contribution in [3.63, 3.8) is 0 Å². The third-order valence-electron chi connectivity index (χ3n) is 2.36. The average molecular weight is 309 g/mol. The molecular weight excluding hydrogens is 287 g/mol. The third kappa shape index (κ3) is 7.87. The van der Waals surface area contributed by atoms with Crippen LogP contribution < -0.4 is 16.0 Å². The maximum atomic E-state index is 11.5. The highest BCUT2D eigenvalue weighted by molar-refractivity contribution is 5.89. The zero-order chi connectivity index (χ0) is 12.8. The number of nitrogens with two attached hydrogens (primary N) is 1. The quantitative estimate of drug-likeness (QED) is 0.873. The van der Waals surface area contributed by atoms with E-state index in [-0.39, 0.29) is 36.8 Å². The van der Waals surface area contributed by atoms with Gasteiger partial charge in [0.2, 0.25) is 5.91 Å². The van der Waals surface area contributed by atoms with Crippen molar-refractivity contribution in [2.45, 2.75) is 25.8 Å². The molecule has 1 atom stereocenters. The molecule has 1 aromatic heterocycles. The van der Waals surface area contributed by atoms with Crippen LogP contribution in [0.25, 0.3) is 0 Å². The molecule has 1 aromatic rings. The van der Waals surface area contributed by atoms with E-state index in [4.69, 9.17) is 5.73 Å². The lowest BCUT2D eigenvalue weighted by Crippen LogP contribution is -2.19. The number of aromatic nitrogens is 1. The Morgan fingerprint density at radius 3 is 2.47 bits per heavy atom. The van der Waals surface area contributed by atoms with Crippen molar-refractivity contribution in [3.05, 3.63) is 18.3 Å². The van der Waals surface area contributed by atoms with Crippen LogP contribution in [0.15, 0.2) is 18.3 Å². The van der Waals surface area contributed by atoms with Crippen molar-refractivity contribution in [3.8, 4) is 0 Å². The van der Waals surface area contributed by atoms with E-state index in [2.05, 4.69) is 10.3 Å². The standard InChI is InChI=1S/C12H20N4O.2ClH/c1-9(13)4-7-12(17)15-11-6-5-10(8-14-11)16(2)3;;/h5-6,8-9H,4,7,13H2,1-3H3,(H,14,15,17);2*1H. The van der Waals surface area contributed by atoms with E-state index in [1.807, 2.05) is 32.0 Å². The van der Waals surface area contributed by atoms with Crippen LogP contribution in [0.5, 0.6) is 0 Å². The second kappa shape index (κ2) is 9.83. The van der Waals surface area contributed by atoms with Crippen molar-refractivity contribution in [1.29, 1.82) is 0 Å². The van der Waals surface area contributed by atoms with E-state index < -0.39 is 0 Å².